The van der Waals surface area contributed by atoms with Crippen LogP contribution in [0.15, 0.2) is 54.6 Å². The van der Waals surface area contributed by atoms with Crippen LogP contribution >= 0.6 is 0 Å². The highest BCUT2D eigenvalue weighted by Crippen LogP contribution is 2.40. The lowest BCUT2D eigenvalue weighted by molar-refractivity contribution is -0.133. The quantitative estimate of drug-likeness (QED) is 0.554. The Bertz CT molecular complexity index is 1070. The highest BCUT2D eigenvalue weighted by molar-refractivity contribution is 5.82. The number of nitrogens with zero attached hydrogens (tertiary/aromatic N) is 3. The Balaban J connectivity index is 1.56. The van der Waals surface area contributed by atoms with E-state index in [-0.39, 0.29) is 5.92 Å². The van der Waals surface area contributed by atoms with Gasteiger partial charge in [-0.1, -0.05) is 42.5 Å². The van der Waals surface area contributed by atoms with Crippen LogP contribution in [-0.4, -0.2) is 26.6 Å². The number of hydrogen-bond acceptors (Lipinski definition) is 3. The number of carbonyl (C=O) groups excluding carboxylic acids is 1. The van der Waals surface area contributed by atoms with Crippen LogP contribution in [0, 0.1) is 12.8 Å². The van der Waals surface area contributed by atoms with E-state index < -0.39 is 0 Å². The molecule has 0 radical (unpaired) electrons. The van der Waals surface area contributed by atoms with Gasteiger partial charge in [-0.05, 0) is 50.3 Å². The lowest BCUT2D eigenvalue weighted by Crippen LogP contribution is -2.33. The first-order valence-electron chi connectivity index (χ1n) is 10.8. The molecule has 5 rings (SSSR count). The summed E-state index contributed by atoms with van der Waals surface area (Å²) < 4.78 is 8.14. The molecule has 1 amide bonds. The fraction of sp³-hybridized carbons (Fsp3) is 0.360. The van der Waals surface area contributed by atoms with Crippen molar-refractivity contribution in [2.75, 3.05) is 0 Å². The molecule has 0 spiro atoms. The molecule has 154 valence electrons. The standard InChI is InChI=1S/C25H27N3O2/c1-17-7-6-10-21(15-17)30-25-22(16-28(20-13-14-20)24(29)19-11-12-19)23(26-27(25)2)18-8-4-3-5-9-18/h3-10,15,19-20H,11-14,16H2,1-2H3. The van der Waals surface area contributed by atoms with Crippen molar-refractivity contribution in [3.63, 3.8) is 0 Å². The smallest absolute Gasteiger partial charge is 0.226 e. The monoisotopic (exact) mass is 401 g/mol. The summed E-state index contributed by atoms with van der Waals surface area (Å²) in [6.07, 6.45) is 4.22. The van der Waals surface area contributed by atoms with Gasteiger partial charge in [-0.3, -0.25) is 4.79 Å². The lowest BCUT2D eigenvalue weighted by Gasteiger charge is -2.23. The number of carbonyl (C=O) groups is 1. The fourth-order valence-electron chi connectivity index (χ4n) is 3.95. The Kier molecular flexibility index (Phi) is 4.81. The molecular weight excluding hydrogens is 374 g/mol. The van der Waals surface area contributed by atoms with E-state index in [0.717, 1.165) is 53.8 Å². The molecular formula is C25H27N3O2. The van der Waals surface area contributed by atoms with Crippen molar-refractivity contribution in [3.05, 3.63) is 65.7 Å². The second kappa shape index (κ2) is 7.63. The van der Waals surface area contributed by atoms with E-state index >= 15 is 0 Å². The number of rotatable bonds is 7. The van der Waals surface area contributed by atoms with Gasteiger partial charge in [0.1, 0.15) is 11.4 Å². The van der Waals surface area contributed by atoms with E-state index in [1.165, 1.54) is 0 Å². The summed E-state index contributed by atoms with van der Waals surface area (Å²) >= 11 is 0. The summed E-state index contributed by atoms with van der Waals surface area (Å²) in [5.74, 6) is 1.99. The average Bonchev–Trinajstić information content (AvgIpc) is 3.66. The molecule has 0 atom stereocenters. The van der Waals surface area contributed by atoms with Gasteiger partial charge in [-0.2, -0.15) is 5.10 Å². The van der Waals surface area contributed by atoms with Crippen molar-refractivity contribution < 1.29 is 9.53 Å². The van der Waals surface area contributed by atoms with Gasteiger partial charge in [0.25, 0.3) is 0 Å². The van der Waals surface area contributed by atoms with Gasteiger partial charge < -0.3 is 9.64 Å². The Hall–Kier alpha value is -3.08. The van der Waals surface area contributed by atoms with E-state index in [2.05, 4.69) is 30.0 Å². The SMILES string of the molecule is Cc1cccc(Oc2c(CN(C(=O)C3CC3)C3CC3)c(-c3ccccc3)nn2C)c1. The van der Waals surface area contributed by atoms with E-state index in [4.69, 9.17) is 9.84 Å². The number of ether oxygens (including phenoxy) is 1. The van der Waals surface area contributed by atoms with Crippen molar-refractivity contribution >= 4 is 5.91 Å². The summed E-state index contributed by atoms with van der Waals surface area (Å²) in [4.78, 5) is 15.1. The summed E-state index contributed by atoms with van der Waals surface area (Å²) in [7, 11) is 1.91. The summed E-state index contributed by atoms with van der Waals surface area (Å²) in [6.45, 7) is 2.59. The van der Waals surface area contributed by atoms with Gasteiger partial charge in [-0.15, -0.1) is 0 Å². The lowest BCUT2D eigenvalue weighted by atomic mass is 10.1. The van der Waals surface area contributed by atoms with Gasteiger partial charge in [0.2, 0.25) is 11.8 Å². The molecule has 0 N–H and O–H groups in total. The molecule has 5 nitrogen and oxygen atoms in total. The molecule has 1 heterocycles. The van der Waals surface area contributed by atoms with Crippen LogP contribution in [0.25, 0.3) is 11.3 Å². The van der Waals surface area contributed by atoms with Gasteiger partial charge in [0.05, 0.1) is 12.1 Å². The third-order valence-corrected chi connectivity index (χ3v) is 5.86. The summed E-state index contributed by atoms with van der Waals surface area (Å²) in [5, 5.41) is 4.81. The first kappa shape index (κ1) is 18.9. The molecule has 2 aliphatic carbocycles. The maximum absolute atomic E-state index is 13.0. The number of amides is 1. The maximum Gasteiger partial charge on any atom is 0.226 e. The second-order valence-electron chi connectivity index (χ2n) is 8.51. The normalized spacial score (nSPS) is 15.8. The first-order valence-corrected chi connectivity index (χ1v) is 10.8. The van der Waals surface area contributed by atoms with Gasteiger partial charge >= 0.3 is 0 Å². The molecule has 30 heavy (non-hydrogen) atoms. The molecule has 5 heteroatoms. The van der Waals surface area contributed by atoms with Gasteiger partial charge in [-0.25, -0.2) is 4.68 Å². The largest absolute Gasteiger partial charge is 0.439 e. The molecule has 2 fully saturated rings. The molecule has 0 saturated heterocycles. The molecule has 2 aromatic carbocycles. The zero-order chi connectivity index (χ0) is 20.7. The van der Waals surface area contributed by atoms with Gasteiger partial charge in [0, 0.05) is 24.6 Å². The third kappa shape index (κ3) is 3.84. The minimum Gasteiger partial charge on any atom is -0.439 e. The van der Waals surface area contributed by atoms with Crippen LogP contribution in [0.2, 0.25) is 0 Å². The molecule has 0 aliphatic heterocycles. The molecule has 3 aromatic rings. The summed E-state index contributed by atoms with van der Waals surface area (Å²) in [6, 6.07) is 18.5. The Morgan fingerprint density at radius 1 is 1.10 bits per heavy atom. The van der Waals surface area contributed by atoms with Crippen molar-refractivity contribution in [1.82, 2.24) is 14.7 Å². The number of hydrogen-bond donors (Lipinski definition) is 0. The molecule has 1 aromatic heterocycles. The average molecular weight is 402 g/mol. The predicted molar refractivity (Wildman–Crippen MR) is 116 cm³/mol. The Morgan fingerprint density at radius 2 is 1.87 bits per heavy atom. The minimum atomic E-state index is 0.212. The van der Waals surface area contributed by atoms with Crippen LogP contribution in [0.1, 0.15) is 36.8 Å². The van der Waals surface area contributed by atoms with E-state index in [1.807, 2.05) is 43.4 Å². The Morgan fingerprint density at radius 3 is 2.53 bits per heavy atom. The van der Waals surface area contributed by atoms with E-state index in [0.29, 0.717) is 24.4 Å². The zero-order valence-corrected chi connectivity index (χ0v) is 17.5. The van der Waals surface area contributed by atoms with E-state index in [9.17, 15) is 4.79 Å². The maximum atomic E-state index is 13.0. The van der Waals surface area contributed by atoms with Crippen LogP contribution in [-0.2, 0) is 18.4 Å². The summed E-state index contributed by atoms with van der Waals surface area (Å²) in [5.41, 5.74) is 4.04. The molecule has 0 bridgehead atoms. The van der Waals surface area contributed by atoms with Gasteiger partial charge in [0.15, 0.2) is 0 Å². The highest BCUT2D eigenvalue weighted by Gasteiger charge is 2.41. The van der Waals surface area contributed by atoms with E-state index in [1.54, 1.807) is 4.68 Å². The van der Waals surface area contributed by atoms with Crippen LogP contribution in [0.5, 0.6) is 11.6 Å². The molecule has 2 saturated carbocycles. The second-order valence-corrected chi connectivity index (χ2v) is 8.51. The van der Waals surface area contributed by atoms with Crippen molar-refractivity contribution in [2.24, 2.45) is 13.0 Å². The highest BCUT2D eigenvalue weighted by atomic mass is 16.5. The van der Waals surface area contributed by atoms with Crippen LogP contribution in [0.4, 0.5) is 0 Å². The molecule has 0 unspecified atom stereocenters. The zero-order valence-electron chi connectivity index (χ0n) is 17.5. The van der Waals surface area contributed by atoms with Crippen molar-refractivity contribution in [1.29, 1.82) is 0 Å². The molecule has 2 aliphatic rings. The topological polar surface area (TPSA) is 47.4 Å². The predicted octanol–water partition coefficient (Wildman–Crippen LogP) is 5.09. The van der Waals surface area contributed by atoms with Crippen molar-refractivity contribution in [2.45, 2.75) is 45.2 Å². The van der Waals surface area contributed by atoms with Crippen LogP contribution in [0.3, 0.4) is 0 Å². The minimum absolute atomic E-state index is 0.212. The number of aryl methyl sites for hydroxylation is 2. The number of benzene rings is 2. The van der Waals surface area contributed by atoms with Crippen molar-refractivity contribution in [3.8, 4) is 22.9 Å². The number of aromatic nitrogens is 2. The third-order valence-electron chi connectivity index (χ3n) is 5.86. The Labute approximate surface area is 177 Å². The fourth-order valence-corrected chi connectivity index (χ4v) is 3.95. The van der Waals surface area contributed by atoms with Crippen LogP contribution < -0.4 is 4.74 Å². The first-order chi connectivity index (χ1) is 14.6.